The van der Waals surface area contributed by atoms with Gasteiger partial charge < -0.3 is 4.90 Å². The van der Waals surface area contributed by atoms with Crippen LogP contribution in [0, 0.1) is 0 Å². The molecule has 4 heterocycles. The lowest BCUT2D eigenvalue weighted by Crippen LogP contribution is -2.26. The quantitative estimate of drug-likeness (QED) is 0.626. The minimum Gasteiger partial charge on any atom is -0.333 e. The molecule has 1 N–H and O–H groups in total. The zero-order valence-electron chi connectivity index (χ0n) is 11.0. The Morgan fingerprint density at radius 2 is 2.43 bits per heavy atom. The third-order valence-electron chi connectivity index (χ3n) is 3.15. The summed E-state index contributed by atoms with van der Waals surface area (Å²) in [7, 11) is 1.75. The molecule has 0 aliphatic rings. The normalized spacial score (nSPS) is 11.5. The van der Waals surface area contributed by atoms with Gasteiger partial charge in [0.1, 0.15) is 17.0 Å². The number of nitrogens with one attached hydrogen (secondary N) is 1. The second-order valence-corrected chi connectivity index (χ2v) is 6.47. The number of thiophene rings is 1. The van der Waals surface area contributed by atoms with Crippen molar-refractivity contribution in [2.24, 2.45) is 0 Å². The molecule has 1 amide bonds. The van der Waals surface area contributed by atoms with Crippen LogP contribution in [0.4, 0.5) is 0 Å². The molecule has 21 heavy (non-hydrogen) atoms. The van der Waals surface area contributed by atoms with Gasteiger partial charge in [0.05, 0.1) is 16.9 Å². The molecule has 7 nitrogen and oxygen atoms in total. The molecule has 0 aliphatic heterocycles. The fraction of sp³-hybridized carbons (Fsp3) is 0.167. The summed E-state index contributed by atoms with van der Waals surface area (Å²) >= 11 is 3.00. The molecule has 106 valence electrons. The molecule has 0 unspecified atom stereocenters. The van der Waals surface area contributed by atoms with Crippen molar-refractivity contribution in [3.8, 4) is 0 Å². The number of hydrogen-bond acceptors (Lipinski definition) is 6. The second kappa shape index (κ2) is 4.64. The average molecular weight is 318 g/mol. The number of nitrogens with zero attached hydrogens (tertiary/aromatic N) is 5. The number of rotatable bonds is 3. The van der Waals surface area contributed by atoms with E-state index in [9.17, 15) is 4.79 Å². The third kappa shape index (κ3) is 2.01. The summed E-state index contributed by atoms with van der Waals surface area (Å²) in [5, 5.41) is 8.51. The van der Waals surface area contributed by atoms with E-state index in [4.69, 9.17) is 0 Å². The number of carbonyl (C=O) groups is 1. The zero-order chi connectivity index (χ0) is 14.4. The topological polar surface area (TPSA) is 79.2 Å². The van der Waals surface area contributed by atoms with Crippen LogP contribution in [0.2, 0.25) is 0 Å². The van der Waals surface area contributed by atoms with Gasteiger partial charge in [-0.2, -0.15) is 5.10 Å². The van der Waals surface area contributed by atoms with Crippen molar-refractivity contribution in [2.45, 2.75) is 6.54 Å². The maximum Gasteiger partial charge on any atom is 0.264 e. The van der Waals surface area contributed by atoms with E-state index in [1.54, 1.807) is 23.3 Å². The maximum atomic E-state index is 12.5. The van der Waals surface area contributed by atoms with E-state index < -0.39 is 0 Å². The Morgan fingerprint density at radius 3 is 3.24 bits per heavy atom. The Bertz CT molecular complexity index is 918. The molecule has 0 fully saturated rings. The van der Waals surface area contributed by atoms with Gasteiger partial charge in [0.2, 0.25) is 0 Å². The summed E-state index contributed by atoms with van der Waals surface area (Å²) in [4.78, 5) is 25.1. The minimum atomic E-state index is -0.0432. The van der Waals surface area contributed by atoms with Crippen LogP contribution in [0.5, 0.6) is 0 Å². The van der Waals surface area contributed by atoms with Crippen molar-refractivity contribution in [1.29, 1.82) is 0 Å². The first-order chi connectivity index (χ1) is 10.2. The van der Waals surface area contributed by atoms with Gasteiger partial charge in [-0.25, -0.2) is 9.97 Å². The largest absolute Gasteiger partial charge is 0.333 e. The standard InChI is InChI=1S/C12H10N6OS2/c1-17(5-9-13-6-14-16-9)11(19)8-4-7-10(21-8)15-12-18(7)2-3-20-12/h2-4,6H,5H2,1H3,(H,13,14,16). The molecule has 4 aromatic heterocycles. The smallest absolute Gasteiger partial charge is 0.264 e. The first-order valence-electron chi connectivity index (χ1n) is 6.17. The van der Waals surface area contributed by atoms with Crippen LogP contribution < -0.4 is 0 Å². The van der Waals surface area contributed by atoms with Gasteiger partial charge in [0, 0.05) is 18.6 Å². The summed E-state index contributed by atoms with van der Waals surface area (Å²) in [6.07, 6.45) is 3.40. The number of aromatic amines is 1. The van der Waals surface area contributed by atoms with Crippen molar-refractivity contribution in [3.63, 3.8) is 0 Å². The van der Waals surface area contributed by atoms with Crippen LogP contribution in [-0.2, 0) is 6.54 Å². The first kappa shape index (κ1) is 12.5. The summed E-state index contributed by atoms with van der Waals surface area (Å²) in [5.41, 5.74) is 0.979. The number of carbonyl (C=O) groups excluding carboxylic acids is 1. The molecule has 4 aromatic rings. The minimum absolute atomic E-state index is 0.0432. The molecular weight excluding hydrogens is 308 g/mol. The van der Waals surface area contributed by atoms with Crippen molar-refractivity contribution >= 4 is 43.9 Å². The van der Waals surface area contributed by atoms with E-state index in [-0.39, 0.29) is 5.91 Å². The van der Waals surface area contributed by atoms with Gasteiger partial charge in [-0.15, -0.1) is 22.7 Å². The van der Waals surface area contributed by atoms with Gasteiger partial charge in [-0.05, 0) is 6.07 Å². The van der Waals surface area contributed by atoms with Crippen LogP contribution in [0.1, 0.15) is 15.5 Å². The Morgan fingerprint density at radius 1 is 1.52 bits per heavy atom. The van der Waals surface area contributed by atoms with Gasteiger partial charge >= 0.3 is 0 Å². The molecule has 0 spiro atoms. The monoisotopic (exact) mass is 318 g/mol. The van der Waals surface area contributed by atoms with Crippen LogP contribution in [0.3, 0.4) is 0 Å². The molecular formula is C12H10N6OS2. The van der Waals surface area contributed by atoms with Crippen LogP contribution in [0.15, 0.2) is 24.0 Å². The molecule has 0 saturated heterocycles. The number of hydrogen-bond donors (Lipinski definition) is 1. The fourth-order valence-electron chi connectivity index (χ4n) is 2.14. The molecule has 9 heteroatoms. The van der Waals surface area contributed by atoms with Gasteiger partial charge in [-0.1, -0.05) is 0 Å². The lowest BCUT2D eigenvalue weighted by molar-refractivity contribution is 0.0786. The van der Waals surface area contributed by atoms with E-state index in [0.29, 0.717) is 17.2 Å². The number of amides is 1. The van der Waals surface area contributed by atoms with Gasteiger partial charge in [0.15, 0.2) is 4.96 Å². The summed E-state index contributed by atoms with van der Waals surface area (Å²) in [5.74, 6) is 0.618. The maximum absolute atomic E-state index is 12.5. The molecule has 4 rings (SSSR count). The number of imidazole rings is 1. The molecule has 0 radical (unpaired) electrons. The number of fused-ring (bicyclic) bond motifs is 3. The molecule has 0 saturated carbocycles. The predicted octanol–water partition coefficient (Wildman–Crippen LogP) is 2.00. The van der Waals surface area contributed by atoms with E-state index in [0.717, 1.165) is 15.3 Å². The van der Waals surface area contributed by atoms with E-state index in [1.807, 2.05) is 22.0 Å². The number of aromatic nitrogens is 5. The molecule has 0 atom stereocenters. The summed E-state index contributed by atoms with van der Waals surface area (Å²) in [6, 6.07) is 1.89. The highest BCUT2D eigenvalue weighted by Gasteiger charge is 2.18. The Labute approximate surface area is 126 Å². The lowest BCUT2D eigenvalue weighted by Gasteiger charge is -2.13. The SMILES string of the molecule is CN(Cc1ncn[nH]1)C(=O)c1cc2c(nc3sccn32)s1. The summed E-state index contributed by atoms with van der Waals surface area (Å²) < 4.78 is 2.00. The number of thiazole rings is 1. The first-order valence-corrected chi connectivity index (χ1v) is 7.87. The van der Waals surface area contributed by atoms with E-state index in [1.165, 1.54) is 17.7 Å². The van der Waals surface area contributed by atoms with Crippen molar-refractivity contribution < 1.29 is 4.79 Å². The second-order valence-electron chi connectivity index (χ2n) is 4.56. The Balaban J connectivity index is 1.65. The zero-order valence-corrected chi connectivity index (χ0v) is 12.6. The van der Waals surface area contributed by atoms with Crippen molar-refractivity contribution in [1.82, 2.24) is 29.5 Å². The average Bonchev–Trinajstić information content (AvgIpc) is 3.18. The molecule has 0 aliphatic carbocycles. The highest BCUT2D eigenvalue weighted by Crippen LogP contribution is 2.28. The number of H-pyrrole nitrogens is 1. The van der Waals surface area contributed by atoms with E-state index in [2.05, 4.69) is 20.2 Å². The Kier molecular flexibility index (Phi) is 2.76. The molecule has 0 aromatic carbocycles. The van der Waals surface area contributed by atoms with Gasteiger partial charge in [0.25, 0.3) is 5.91 Å². The van der Waals surface area contributed by atoms with Crippen LogP contribution >= 0.6 is 22.7 Å². The predicted molar refractivity (Wildman–Crippen MR) is 80.6 cm³/mol. The Hall–Kier alpha value is -2.26. The summed E-state index contributed by atoms with van der Waals surface area (Å²) in [6.45, 7) is 0.398. The van der Waals surface area contributed by atoms with Gasteiger partial charge in [-0.3, -0.25) is 14.3 Å². The molecule has 0 bridgehead atoms. The highest BCUT2D eigenvalue weighted by atomic mass is 32.1. The van der Waals surface area contributed by atoms with Crippen LogP contribution in [0.25, 0.3) is 15.3 Å². The lowest BCUT2D eigenvalue weighted by atomic mass is 10.4. The van der Waals surface area contributed by atoms with Crippen molar-refractivity contribution in [2.75, 3.05) is 7.05 Å². The third-order valence-corrected chi connectivity index (χ3v) is 4.91. The van der Waals surface area contributed by atoms with Crippen molar-refractivity contribution in [3.05, 3.63) is 34.7 Å². The highest BCUT2D eigenvalue weighted by molar-refractivity contribution is 7.21. The van der Waals surface area contributed by atoms with Crippen LogP contribution in [-0.4, -0.2) is 42.4 Å². The van der Waals surface area contributed by atoms with E-state index >= 15 is 0 Å². The fourth-order valence-corrected chi connectivity index (χ4v) is 3.94.